The van der Waals surface area contributed by atoms with Crippen LogP contribution in [0.4, 0.5) is 0 Å². The highest BCUT2D eigenvalue weighted by Gasteiger charge is 2.19. The van der Waals surface area contributed by atoms with Gasteiger partial charge in [0.2, 0.25) is 0 Å². The van der Waals surface area contributed by atoms with Gasteiger partial charge in [-0.2, -0.15) is 0 Å². The number of benzene rings is 10. The van der Waals surface area contributed by atoms with Crippen LogP contribution >= 0.6 is 0 Å². The van der Waals surface area contributed by atoms with Crippen molar-refractivity contribution in [2.24, 2.45) is 0 Å². The van der Waals surface area contributed by atoms with Gasteiger partial charge in [0.05, 0.1) is 43.9 Å². The van der Waals surface area contributed by atoms with Gasteiger partial charge in [0.1, 0.15) is 0 Å². The molecule has 0 fully saturated rings. The third-order valence-corrected chi connectivity index (χ3v) is 8.00. The quantitative estimate of drug-likeness (QED) is 0.164. The van der Waals surface area contributed by atoms with Crippen molar-refractivity contribution in [3.63, 3.8) is 0 Å². The molecular formula is C50H32. The lowest BCUT2D eigenvalue weighted by Gasteiger charge is -2.20. The summed E-state index contributed by atoms with van der Waals surface area (Å²) in [6, 6.07) is -33.0. The molecule has 0 aliphatic heterocycles. The molecule has 10 aromatic carbocycles. The molecule has 0 spiro atoms. The van der Waals surface area contributed by atoms with E-state index in [9.17, 15) is 19.2 Å². The number of rotatable bonds is 4. The lowest BCUT2D eigenvalue weighted by molar-refractivity contribution is 1.63. The van der Waals surface area contributed by atoms with Gasteiger partial charge in [-0.1, -0.05) is 175 Å². The summed E-state index contributed by atoms with van der Waals surface area (Å²) in [7, 11) is 0. The zero-order valence-corrected chi connectivity index (χ0v) is 25.0. The SMILES string of the molecule is [2H]c1c([2H])c(-c2c([2H])c([2H])c([2H])c3c([2H])c([2H])c([2H])c([2H])c23)c([2H])c(-c2c3c([2H])c([2H])c([2H])c([2H])c3c(-c3c([2H])c([2H])c4c([2H])c([2H])c([2H])c([2H])c4c3[2H])c3c([2H])c([2H])c(-c4c([2H])c([2H])c([2H])c5c([2H])c([2H])c([2H])c([2H])c45)c([2H])c23)c1[2H]. The molecule has 0 bridgehead atoms. The summed E-state index contributed by atoms with van der Waals surface area (Å²) < 4.78 is 292. The molecule has 0 aliphatic carbocycles. The number of hydrogen-bond donors (Lipinski definition) is 0. The zero-order valence-electron chi connectivity index (χ0n) is 57.0. The summed E-state index contributed by atoms with van der Waals surface area (Å²) in [5.74, 6) is 0. The smallest absolute Gasteiger partial charge is 0.0616 e. The van der Waals surface area contributed by atoms with E-state index in [2.05, 4.69) is 0 Å². The van der Waals surface area contributed by atoms with Gasteiger partial charge in [-0.15, -0.1) is 0 Å². The minimum atomic E-state index is -1.21. The second-order valence-corrected chi connectivity index (χ2v) is 10.8. The lowest BCUT2D eigenvalue weighted by atomic mass is 9.83. The van der Waals surface area contributed by atoms with Gasteiger partial charge in [-0.3, -0.25) is 0 Å². The molecule has 0 amide bonds. The van der Waals surface area contributed by atoms with Crippen LogP contribution in [-0.4, -0.2) is 0 Å². The van der Waals surface area contributed by atoms with E-state index in [1.165, 1.54) is 0 Å². The fourth-order valence-electron chi connectivity index (χ4n) is 5.84. The van der Waals surface area contributed by atoms with E-state index in [1.54, 1.807) is 0 Å². The Bertz CT molecular complexity index is 4740. The third-order valence-electron chi connectivity index (χ3n) is 8.00. The van der Waals surface area contributed by atoms with Gasteiger partial charge in [0, 0.05) is 0 Å². The molecule has 0 aromatic heterocycles. The first-order valence-corrected chi connectivity index (χ1v) is 14.8. The zero-order chi connectivity index (χ0) is 60.9. The van der Waals surface area contributed by atoms with Crippen molar-refractivity contribution < 1.29 is 43.9 Å². The maximum Gasteiger partial charge on any atom is 0.0636 e. The van der Waals surface area contributed by atoms with Crippen LogP contribution in [0.1, 0.15) is 43.9 Å². The highest BCUT2D eigenvalue weighted by Crippen LogP contribution is 2.46. The van der Waals surface area contributed by atoms with Crippen molar-refractivity contribution in [1.82, 2.24) is 0 Å². The molecule has 0 radical (unpaired) electrons. The van der Waals surface area contributed by atoms with E-state index in [-0.39, 0.29) is 0 Å². The predicted molar refractivity (Wildman–Crippen MR) is 216 cm³/mol. The molecule has 0 aliphatic rings. The highest BCUT2D eigenvalue weighted by atomic mass is 14.2. The molecule has 0 heteroatoms. The summed E-state index contributed by atoms with van der Waals surface area (Å²) >= 11 is 0. The molecule has 0 N–H and O–H groups in total. The molecule has 10 aromatic rings. The Morgan fingerprint density at radius 3 is 1.36 bits per heavy atom. The van der Waals surface area contributed by atoms with Crippen LogP contribution in [0.2, 0.25) is 0 Å². The summed E-state index contributed by atoms with van der Waals surface area (Å²) in [4.78, 5) is 0. The Labute approximate surface area is 336 Å². The van der Waals surface area contributed by atoms with Crippen LogP contribution in [0.5, 0.6) is 0 Å². The topological polar surface area (TPSA) is 0 Å². The van der Waals surface area contributed by atoms with Crippen molar-refractivity contribution in [1.29, 1.82) is 0 Å². The van der Waals surface area contributed by atoms with E-state index in [1.807, 2.05) is 0 Å². The summed E-state index contributed by atoms with van der Waals surface area (Å²) in [5, 5.41) is -7.95. The van der Waals surface area contributed by atoms with Crippen LogP contribution in [0, 0.1) is 0 Å². The lowest BCUT2D eigenvalue weighted by Crippen LogP contribution is -1.92. The minimum absolute atomic E-state index is 0.666. The second kappa shape index (κ2) is 11.6. The maximum atomic E-state index is 10.3. The molecule has 50 heavy (non-hydrogen) atoms. The van der Waals surface area contributed by atoms with Gasteiger partial charge >= 0.3 is 0 Å². The van der Waals surface area contributed by atoms with Gasteiger partial charge in [-0.25, -0.2) is 0 Å². The molecular weight excluding hydrogens is 601 g/mol. The molecule has 0 heterocycles. The van der Waals surface area contributed by atoms with Gasteiger partial charge in [0.25, 0.3) is 0 Å². The summed E-state index contributed by atoms with van der Waals surface area (Å²) in [5.41, 5.74) is -7.45. The van der Waals surface area contributed by atoms with E-state index in [0.717, 1.165) is 0 Å². The third kappa shape index (κ3) is 4.61. The Morgan fingerprint density at radius 2 is 0.680 bits per heavy atom. The first-order chi connectivity index (χ1) is 38.1. The Kier molecular flexibility index (Phi) is 2.55. The predicted octanol–water partition coefficient (Wildman–Crippen LogP) is 14.1. The first kappa shape index (κ1) is 11.0. The van der Waals surface area contributed by atoms with Crippen molar-refractivity contribution in [3.05, 3.63) is 193 Å². The molecule has 0 nitrogen and oxygen atoms in total. The normalized spacial score (nSPS) is 20.6. The average molecular weight is 665 g/mol. The molecule has 10 rings (SSSR count). The first-order valence-electron chi connectivity index (χ1n) is 30.8. The fourth-order valence-corrected chi connectivity index (χ4v) is 5.84. The summed E-state index contributed by atoms with van der Waals surface area (Å²) in [6.07, 6.45) is 0. The Hall–Kier alpha value is -6.50. The Morgan fingerprint density at radius 1 is 0.240 bits per heavy atom. The van der Waals surface area contributed by atoms with E-state index in [0.29, 0.717) is 0 Å². The summed E-state index contributed by atoms with van der Waals surface area (Å²) in [6.45, 7) is 0. The van der Waals surface area contributed by atoms with Crippen LogP contribution in [0.15, 0.2) is 193 Å². The van der Waals surface area contributed by atoms with Gasteiger partial charge in [0.15, 0.2) is 0 Å². The van der Waals surface area contributed by atoms with Crippen LogP contribution in [0.25, 0.3) is 98.4 Å². The van der Waals surface area contributed by atoms with Gasteiger partial charge < -0.3 is 0 Å². The minimum Gasteiger partial charge on any atom is -0.0616 e. The molecule has 0 saturated carbocycles. The second-order valence-electron chi connectivity index (χ2n) is 10.8. The van der Waals surface area contributed by atoms with Crippen molar-refractivity contribution in [2.45, 2.75) is 0 Å². The number of fused-ring (bicyclic) bond motifs is 5. The van der Waals surface area contributed by atoms with Crippen LogP contribution in [0.3, 0.4) is 0 Å². The number of hydrogen-bond acceptors (Lipinski definition) is 0. The van der Waals surface area contributed by atoms with Crippen molar-refractivity contribution >= 4 is 53.9 Å². The van der Waals surface area contributed by atoms with E-state index >= 15 is 0 Å². The van der Waals surface area contributed by atoms with E-state index in [4.69, 9.17) is 24.7 Å². The maximum absolute atomic E-state index is 10.3. The van der Waals surface area contributed by atoms with Crippen molar-refractivity contribution in [2.75, 3.05) is 0 Å². The van der Waals surface area contributed by atoms with Crippen LogP contribution < -0.4 is 0 Å². The van der Waals surface area contributed by atoms with Crippen LogP contribution in [-0.2, 0) is 0 Å². The monoisotopic (exact) mass is 664 g/mol. The fraction of sp³-hybridized carbons (Fsp3) is 0. The van der Waals surface area contributed by atoms with E-state index < -0.39 is 292 Å². The Balaban J connectivity index is 1.60. The average Bonchev–Trinajstić information content (AvgIpc) is 2.38. The van der Waals surface area contributed by atoms with Crippen molar-refractivity contribution in [3.8, 4) is 44.5 Å². The molecule has 0 atom stereocenters. The molecule has 0 unspecified atom stereocenters. The largest absolute Gasteiger partial charge is 0.0636 e. The standard InChI is InChI=1S/C50H32/c1-2-15-36-30-40(27-26-33(36)12-1)49-45-22-7-8-23-46(45)50(39-19-9-18-37(31-39)43-24-10-16-34-13-3-5-20-41(34)43)48-32-38(28-29-47(48)49)44-25-11-17-35-14-4-6-21-42(35)44/h1-32H/i1D,2D,3D,4D,5D,6D,7D,8D,9D,10D,11D,12D,13D,14D,15D,16D,17D,18D,19D,20D,21D,22D,23D,24D,25D,26D,27D,28D,29D,30D,31D,32D. The molecule has 0 saturated heterocycles. The highest BCUT2D eigenvalue weighted by molar-refractivity contribution is 6.22. The molecule has 232 valence electrons. The van der Waals surface area contributed by atoms with Gasteiger partial charge in [-0.05, 0) is 116 Å².